The lowest BCUT2D eigenvalue weighted by Crippen LogP contribution is -2.65. The number of aliphatic hydroxyl groups is 8. The number of aliphatic hydroxyl groups excluding tert-OH is 8. The van der Waals surface area contributed by atoms with Crippen LogP contribution in [-0.2, 0) is 23.7 Å². The molecule has 2 heterocycles. The Bertz CT molecular complexity index is 1770. The van der Waals surface area contributed by atoms with Crippen LogP contribution in [0.15, 0.2) is 36.5 Å². The number of amides is 1. The van der Waals surface area contributed by atoms with E-state index in [0.29, 0.717) is 12.8 Å². The van der Waals surface area contributed by atoms with Gasteiger partial charge in [-0.15, -0.1) is 0 Å². The van der Waals surface area contributed by atoms with Gasteiger partial charge in [0.1, 0.15) is 48.8 Å². The highest BCUT2D eigenvalue weighted by atomic mass is 16.7. The molecule has 0 spiro atoms. The van der Waals surface area contributed by atoms with Crippen molar-refractivity contribution in [3.05, 3.63) is 36.5 Å². The molecule has 14 nitrogen and oxygen atoms in total. The van der Waals surface area contributed by atoms with Crippen LogP contribution in [0.2, 0.25) is 0 Å². The Morgan fingerprint density at radius 1 is 0.361 bits per heavy atom. The molecule has 0 aliphatic carbocycles. The van der Waals surface area contributed by atoms with Crippen LogP contribution in [0.3, 0.4) is 0 Å². The van der Waals surface area contributed by atoms with Gasteiger partial charge in [-0.1, -0.05) is 378 Å². The molecule has 14 heteroatoms. The van der Waals surface area contributed by atoms with E-state index in [4.69, 9.17) is 18.9 Å². The third-order valence-corrected chi connectivity index (χ3v) is 20.6. The Hall–Kier alpha value is -1.79. The van der Waals surface area contributed by atoms with Gasteiger partial charge in [0.25, 0.3) is 0 Å². The molecule has 1 amide bonds. The lowest BCUT2D eigenvalue weighted by Gasteiger charge is -2.46. The third kappa shape index (κ3) is 50.3. The van der Waals surface area contributed by atoms with Crippen LogP contribution in [-0.4, -0.2) is 140 Å². The zero-order chi connectivity index (χ0) is 70.1. The van der Waals surface area contributed by atoms with Crippen LogP contribution in [0.25, 0.3) is 0 Å². The zero-order valence-electron chi connectivity index (χ0n) is 62.9. The molecule has 0 aromatic carbocycles. The minimum atomic E-state index is -1.79. The zero-order valence-corrected chi connectivity index (χ0v) is 62.9. The summed E-state index contributed by atoms with van der Waals surface area (Å²) in [4.78, 5) is 13.4. The van der Waals surface area contributed by atoms with Gasteiger partial charge in [0.15, 0.2) is 12.6 Å². The van der Waals surface area contributed by atoms with E-state index in [1.807, 2.05) is 6.08 Å². The van der Waals surface area contributed by atoms with Gasteiger partial charge >= 0.3 is 0 Å². The molecular weight excluding hydrogens is 1220 g/mol. The number of unbranched alkanes of at least 4 members (excludes halogenated alkanes) is 54. The molecule has 2 saturated heterocycles. The summed E-state index contributed by atoms with van der Waals surface area (Å²) in [5, 5.41) is 87.6. The Kier molecular flexibility index (Phi) is 63.4. The van der Waals surface area contributed by atoms with Gasteiger partial charge < -0.3 is 65.1 Å². The van der Waals surface area contributed by atoms with Gasteiger partial charge in [-0.05, 0) is 44.9 Å². The van der Waals surface area contributed by atoms with Gasteiger partial charge in [-0.2, -0.15) is 0 Å². The highest BCUT2D eigenvalue weighted by Gasteiger charge is 2.51. The van der Waals surface area contributed by atoms with Crippen molar-refractivity contribution in [1.29, 1.82) is 0 Å². The quantitative estimate of drug-likeness (QED) is 0.0204. The monoisotopic (exact) mass is 1380 g/mol. The summed E-state index contributed by atoms with van der Waals surface area (Å²) in [6.07, 6.45) is 72.6. The molecule has 2 aliphatic rings. The summed E-state index contributed by atoms with van der Waals surface area (Å²) < 4.78 is 22.9. The lowest BCUT2D eigenvalue weighted by atomic mass is 9.97. The van der Waals surface area contributed by atoms with E-state index in [2.05, 4.69) is 43.5 Å². The van der Waals surface area contributed by atoms with E-state index >= 15 is 0 Å². The highest BCUT2D eigenvalue weighted by molar-refractivity contribution is 5.76. The smallest absolute Gasteiger partial charge is 0.220 e. The number of allylic oxidation sites excluding steroid dienone is 5. The van der Waals surface area contributed by atoms with Gasteiger partial charge in [0, 0.05) is 6.42 Å². The van der Waals surface area contributed by atoms with Crippen molar-refractivity contribution in [2.24, 2.45) is 0 Å². The first-order valence-corrected chi connectivity index (χ1v) is 41.7. The van der Waals surface area contributed by atoms with Crippen molar-refractivity contribution in [3.63, 3.8) is 0 Å². The Labute approximate surface area is 595 Å². The first-order chi connectivity index (χ1) is 47.6. The molecule has 0 radical (unpaired) electrons. The average Bonchev–Trinajstić information content (AvgIpc) is 0.794. The fourth-order valence-corrected chi connectivity index (χ4v) is 14.0. The predicted molar refractivity (Wildman–Crippen MR) is 401 cm³/mol. The molecule has 12 atom stereocenters. The van der Waals surface area contributed by atoms with Crippen LogP contribution < -0.4 is 5.32 Å². The molecular formula is C83H157NO13. The van der Waals surface area contributed by atoms with Gasteiger partial charge in [0.05, 0.1) is 32.0 Å². The second-order valence-corrected chi connectivity index (χ2v) is 29.6. The number of hydrogen-bond acceptors (Lipinski definition) is 13. The fraction of sp³-hybridized carbons (Fsp3) is 0.916. The second-order valence-electron chi connectivity index (χ2n) is 29.6. The highest BCUT2D eigenvalue weighted by Crippen LogP contribution is 2.30. The minimum absolute atomic E-state index is 0.245. The van der Waals surface area contributed by atoms with Crippen molar-refractivity contribution in [1.82, 2.24) is 5.32 Å². The second kappa shape index (κ2) is 67.4. The molecule has 9 N–H and O–H groups in total. The van der Waals surface area contributed by atoms with Crippen molar-refractivity contribution in [2.45, 2.75) is 466 Å². The van der Waals surface area contributed by atoms with Crippen LogP contribution in [0.1, 0.15) is 393 Å². The van der Waals surface area contributed by atoms with Crippen LogP contribution in [0, 0.1) is 0 Å². The standard InChI is InChI=1S/C83H157NO13/c1-3-5-7-9-11-13-15-17-19-21-23-25-27-28-29-30-31-32-33-34-35-36-37-38-39-40-41-42-43-45-47-49-51-53-55-57-59-61-63-65-67-75(88)84-71(70-94-82-80(93)78(91)81(74(69-86)96-82)97-83-79(92)77(90)76(89)73(68-85)95-83)72(87)66-64-62-60-58-56-54-52-50-48-46-44-26-24-22-20-18-16-14-12-10-8-6-4-2/h48,50,56,58,64,66,71-74,76-83,85-87,89-93H,3-47,49,51-55,57,59-63,65,67-70H2,1-2H3,(H,84,88)/b50-48+,58-56+,66-64+. The fourth-order valence-electron chi connectivity index (χ4n) is 14.0. The maximum Gasteiger partial charge on any atom is 0.220 e. The van der Waals surface area contributed by atoms with Gasteiger partial charge in [-0.3, -0.25) is 4.79 Å². The number of nitrogens with one attached hydrogen (secondary N) is 1. The molecule has 97 heavy (non-hydrogen) atoms. The average molecular weight is 1380 g/mol. The maximum absolute atomic E-state index is 13.4. The van der Waals surface area contributed by atoms with Crippen molar-refractivity contribution in [3.8, 4) is 0 Å². The first kappa shape index (κ1) is 91.3. The summed E-state index contributed by atoms with van der Waals surface area (Å²) in [7, 11) is 0. The number of hydrogen-bond donors (Lipinski definition) is 9. The van der Waals surface area contributed by atoms with Crippen molar-refractivity contribution < 1.29 is 64.6 Å². The number of ether oxygens (including phenoxy) is 4. The predicted octanol–water partition coefficient (Wildman–Crippen LogP) is 19.2. The number of carbonyl (C=O) groups excluding carboxylic acids is 1. The topological polar surface area (TPSA) is 228 Å². The molecule has 572 valence electrons. The van der Waals surface area contributed by atoms with Crippen molar-refractivity contribution in [2.75, 3.05) is 19.8 Å². The summed E-state index contributed by atoms with van der Waals surface area (Å²) in [5.74, 6) is -0.245. The molecule has 0 saturated carbocycles. The molecule has 0 bridgehead atoms. The number of rotatable bonds is 71. The van der Waals surface area contributed by atoms with Crippen LogP contribution >= 0.6 is 0 Å². The SMILES string of the molecule is CCCCCCCCCCCCCCC/C=C/CC/C=C/CC/C=C/C(O)C(COC1OC(CO)C(OC2OC(CO)C(O)C(O)C2O)C(O)C1O)NC(=O)CCCCCCCCCCCCCCCCCCCCCCCCCCCCCCCCCCCCCCCCCC. The maximum atomic E-state index is 13.4. The van der Waals surface area contributed by atoms with E-state index in [0.717, 1.165) is 44.9 Å². The Morgan fingerprint density at radius 2 is 0.660 bits per heavy atom. The molecule has 2 aliphatic heterocycles. The lowest BCUT2D eigenvalue weighted by molar-refractivity contribution is -0.359. The van der Waals surface area contributed by atoms with E-state index < -0.39 is 86.8 Å². The molecule has 0 aromatic heterocycles. The molecule has 12 unspecified atom stereocenters. The van der Waals surface area contributed by atoms with E-state index in [9.17, 15) is 45.6 Å². The van der Waals surface area contributed by atoms with E-state index in [-0.39, 0.29) is 18.9 Å². The van der Waals surface area contributed by atoms with Gasteiger partial charge in [-0.25, -0.2) is 0 Å². The summed E-state index contributed by atoms with van der Waals surface area (Å²) in [6.45, 7) is 2.84. The summed E-state index contributed by atoms with van der Waals surface area (Å²) in [6, 6.07) is -0.938. The summed E-state index contributed by atoms with van der Waals surface area (Å²) >= 11 is 0. The molecule has 2 fully saturated rings. The first-order valence-electron chi connectivity index (χ1n) is 41.7. The van der Waals surface area contributed by atoms with Crippen molar-refractivity contribution >= 4 is 5.91 Å². The normalized spacial score (nSPS) is 22.2. The number of carbonyl (C=O) groups is 1. The van der Waals surface area contributed by atoms with Gasteiger partial charge in [0.2, 0.25) is 5.91 Å². The molecule has 0 aromatic rings. The Balaban J connectivity index is 1.57. The Morgan fingerprint density at radius 3 is 1.01 bits per heavy atom. The minimum Gasteiger partial charge on any atom is -0.394 e. The molecule has 2 rings (SSSR count). The van der Waals surface area contributed by atoms with E-state index in [1.54, 1.807) is 6.08 Å². The third-order valence-electron chi connectivity index (χ3n) is 20.6. The largest absolute Gasteiger partial charge is 0.394 e. The van der Waals surface area contributed by atoms with E-state index in [1.165, 1.54) is 315 Å². The van der Waals surface area contributed by atoms with Crippen LogP contribution in [0.5, 0.6) is 0 Å². The van der Waals surface area contributed by atoms with Crippen LogP contribution in [0.4, 0.5) is 0 Å². The summed E-state index contributed by atoms with van der Waals surface area (Å²) in [5.41, 5.74) is 0.